The normalized spacial score (nSPS) is 19.8. The van der Waals surface area contributed by atoms with Crippen molar-refractivity contribution in [3.05, 3.63) is 91.3 Å². The minimum Gasteiger partial charge on any atom is -0.487 e. The zero-order valence-electron chi connectivity index (χ0n) is 25.5. The number of allylic oxidation sites excluding steroid dienone is 4. The zero-order chi connectivity index (χ0) is 31.1. The van der Waals surface area contributed by atoms with Gasteiger partial charge in [0.1, 0.15) is 12.4 Å². The number of nitro groups is 1. The van der Waals surface area contributed by atoms with Crippen molar-refractivity contribution < 1.29 is 24.0 Å². The van der Waals surface area contributed by atoms with Crippen molar-refractivity contribution >= 4 is 28.9 Å². The first-order chi connectivity index (χ1) is 20.3. The van der Waals surface area contributed by atoms with Crippen LogP contribution >= 0.6 is 11.6 Å². The molecule has 0 saturated heterocycles. The maximum atomic E-state index is 13.9. The number of ketones is 2. The summed E-state index contributed by atoms with van der Waals surface area (Å²) >= 11 is 6.76. The third kappa shape index (κ3) is 6.41. The van der Waals surface area contributed by atoms with E-state index in [-0.39, 0.29) is 34.7 Å². The predicted molar refractivity (Wildman–Crippen MR) is 165 cm³/mol. The molecule has 2 aromatic carbocycles. The van der Waals surface area contributed by atoms with Crippen LogP contribution in [0.5, 0.6) is 5.75 Å². The van der Waals surface area contributed by atoms with Gasteiger partial charge in [-0.1, -0.05) is 57.5 Å². The Bertz CT molecular complexity index is 1490. The van der Waals surface area contributed by atoms with Gasteiger partial charge in [0.05, 0.1) is 9.95 Å². The van der Waals surface area contributed by atoms with E-state index >= 15 is 0 Å². The minimum absolute atomic E-state index is 0.00933. The summed E-state index contributed by atoms with van der Waals surface area (Å²) < 4.78 is 11.3. The van der Waals surface area contributed by atoms with Crippen LogP contribution in [0.25, 0.3) is 0 Å². The lowest BCUT2D eigenvalue weighted by Crippen LogP contribution is -2.44. The highest BCUT2D eigenvalue weighted by Crippen LogP contribution is 2.54. The smallest absolute Gasteiger partial charge is 0.269 e. The molecule has 2 aliphatic carbocycles. The van der Waals surface area contributed by atoms with Crippen LogP contribution < -0.4 is 4.74 Å². The fraction of sp³-hybridized carbons (Fsp3) is 0.471. The van der Waals surface area contributed by atoms with E-state index in [1.807, 2.05) is 6.07 Å². The zero-order valence-corrected chi connectivity index (χ0v) is 26.3. The Hall–Kier alpha value is -3.49. The number of halogens is 1. The molecule has 2 aromatic rings. The molecule has 1 heterocycles. The highest BCUT2D eigenvalue weighted by Gasteiger charge is 2.48. The molecule has 0 N–H and O–H groups in total. The number of Topliss-reactive ketones (excluding diaryl/α,β-unsaturated/α-hetero) is 2. The Labute approximate surface area is 257 Å². The van der Waals surface area contributed by atoms with Gasteiger partial charge in [-0.05, 0) is 53.4 Å². The van der Waals surface area contributed by atoms with Gasteiger partial charge in [0.2, 0.25) is 0 Å². The summed E-state index contributed by atoms with van der Waals surface area (Å²) in [5, 5.41) is 11.5. The summed E-state index contributed by atoms with van der Waals surface area (Å²) in [5.41, 5.74) is 4.43. The number of nitro benzene ring substituents is 1. The number of hydrogen-bond donors (Lipinski definition) is 0. The number of carbonyl (C=O) groups is 2. The molecule has 228 valence electrons. The second kappa shape index (κ2) is 11.9. The lowest BCUT2D eigenvalue weighted by atomic mass is 9.63. The second-order valence-electron chi connectivity index (χ2n) is 13.4. The lowest BCUT2D eigenvalue weighted by molar-refractivity contribution is -0.384. The number of carbonyl (C=O) groups excluding carboxylic acids is 2. The van der Waals surface area contributed by atoms with Gasteiger partial charge in [-0.25, -0.2) is 0 Å². The average Bonchev–Trinajstić information content (AvgIpc) is 2.91. The molecular weight excluding hydrogens is 568 g/mol. The Morgan fingerprint density at radius 2 is 1.58 bits per heavy atom. The fourth-order valence-electron chi connectivity index (χ4n) is 6.75. The van der Waals surface area contributed by atoms with E-state index in [1.54, 1.807) is 31.4 Å². The number of methoxy groups -OCH3 is 1. The van der Waals surface area contributed by atoms with Crippen molar-refractivity contribution in [1.29, 1.82) is 0 Å². The highest BCUT2D eigenvalue weighted by atomic mass is 35.5. The molecule has 3 aliphatic rings. The predicted octanol–water partition coefficient (Wildman–Crippen LogP) is 7.55. The summed E-state index contributed by atoms with van der Waals surface area (Å²) in [4.78, 5) is 40.9. The number of rotatable bonds is 9. The van der Waals surface area contributed by atoms with Gasteiger partial charge in [-0.15, -0.1) is 0 Å². The van der Waals surface area contributed by atoms with Crippen molar-refractivity contribution in [1.82, 2.24) is 4.90 Å². The molecule has 0 unspecified atom stereocenters. The molecule has 0 amide bonds. The number of hydrogen-bond acceptors (Lipinski definition) is 7. The maximum Gasteiger partial charge on any atom is 0.269 e. The largest absolute Gasteiger partial charge is 0.487 e. The van der Waals surface area contributed by atoms with Gasteiger partial charge in [-0.3, -0.25) is 19.7 Å². The second-order valence-corrected chi connectivity index (χ2v) is 13.8. The molecular formula is C34H39ClN2O6. The highest BCUT2D eigenvalue weighted by molar-refractivity contribution is 6.32. The summed E-state index contributed by atoms with van der Waals surface area (Å²) in [6.07, 6.45) is 3.08. The van der Waals surface area contributed by atoms with Crippen molar-refractivity contribution in [2.45, 2.75) is 72.3 Å². The Morgan fingerprint density at radius 3 is 2.14 bits per heavy atom. The Kier molecular flexibility index (Phi) is 8.56. The summed E-state index contributed by atoms with van der Waals surface area (Å²) in [7, 11) is 1.68. The van der Waals surface area contributed by atoms with Crippen LogP contribution in [0.15, 0.2) is 65.0 Å². The van der Waals surface area contributed by atoms with E-state index in [4.69, 9.17) is 21.1 Å². The Balaban J connectivity index is 1.56. The first-order valence-corrected chi connectivity index (χ1v) is 15.1. The van der Waals surface area contributed by atoms with Gasteiger partial charge >= 0.3 is 0 Å². The van der Waals surface area contributed by atoms with E-state index in [0.717, 1.165) is 36.2 Å². The molecule has 0 saturated carbocycles. The van der Waals surface area contributed by atoms with E-state index in [9.17, 15) is 19.7 Å². The average molecular weight is 607 g/mol. The number of benzene rings is 2. The van der Waals surface area contributed by atoms with E-state index in [2.05, 4.69) is 32.6 Å². The third-order valence-electron chi connectivity index (χ3n) is 8.56. The summed E-state index contributed by atoms with van der Waals surface area (Å²) in [6, 6.07) is 11.7. The molecule has 9 heteroatoms. The number of nitrogens with zero attached hydrogens (tertiary/aromatic N) is 2. The molecule has 0 fully saturated rings. The van der Waals surface area contributed by atoms with Gasteiger partial charge in [0, 0.05) is 73.7 Å². The minimum atomic E-state index is -0.501. The van der Waals surface area contributed by atoms with Crippen LogP contribution in [0.4, 0.5) is 5.69 Å². The molecule has 5 rings (SSSR count). The monoisotopic (exact) mass is 606 g/mol. The molecule has 0 atom stereocenters. The lowest BCUT2D eigenvalue weighted by Gasteiger charge is -2.49. The molecule has 0 bridgehead atoms. The van der Waals surface area contributed by atoms with Gasteiger partial charge < -0.3 is 14.4 Å². The van der Waals surface area contributed by atoms with Crippen LogP contribution in [0.2, 0.25) is 5.02 Å². The standard InChI is InChI=1S/C34H39ClN2O6/c1-33(2)16-25-31(27(38)18-33)30(32-26(36(25)12-7-13-42-5)17-34(3,4)19-28(32)39)22-10-11-29(24(35)15-22)43-20-21-8-6-9-23(14-21)37(40)41/h6,8-11,14-15,30H,7,12-13,16-20H2,1-5H3. The van der Waals surface area contributed by atoms with Crippen molar-refractivity contribution in [3.63, 3.8) is 0 Å². The van der Waals surface area contributed by atoms with Crippen LogP contribution in [0, 0.1) is 20.9 Å². The number of ether oxygens (including phenoxy) is 2. The van der Waals surface area contributed by atoms with Gasteiger partial charge in [0.25, 0.3) is 5.69 Å². The molecule has 0 aromatic heterocycles. The fourth-order valence-corrected chi connectivity index (χ4v) is 7.00. The quantitative estimate of drug-likeness (QED) is 0.165. The molecule has 0 spiro atoms. The van der Waals surface area contributed by atoms with Gasteiger partial charge in [0.15, 0.2) is 11.6 Å². The van der Waals surface area contributed by atoms with Gasteiger partial charge in [-0.2, -0.15) is 0 Å². The van der Waals surface area contributed by atoms with E-state index < -0.39 is 10.8 Å². The van der Waals surface area contributed by atoms with Crippen molar-refractivity contribution in [2.24, 2.45) is 10.8 Å². The van der Waals surface area contributed by atoms with E-state index in [1.165, 1.54) is 12.1 Å². The molecule has 0 radical (unpaired) electrons. The third-order valence-corrected chi connectivity index (χ3v) is 8.85. The molecule has 8 nitrogen and oxygen atoms in total. The first-order valence-electron chi connectivity index (χ1n) is 14.7. The van der Waals surface area contributed by atoms with E-state index in [0.29, 0.717) is 53.5 Å². The summed E-state index contributed by atoms with van der Waals surface area (Å²) in [6.45, 7) is 9.88. The summed E-state index contributed by atoms with van der Waals surface area (Å²) in [5.74, 6) is 0.0577. The maximum absolute atomic E-state index is 13.9. The topological polar surface area (TPSA) is 99.0 Å². The van der Waals surface area contributed by atoms with Crippen LogP contribution in [-0.2, 0) is 20.9 Å². The van der Waals surface area contributed by atoms with Crippen LogP contribution in [0.3, 0.4) is 0 Å². The van der Waals surface area contributed by atoms with Crippen LogP contribution in [0.1, 0.15) is 76.8 Å². The van der Waals surface area contributed by atoms with Crippen LogP contribution in [-0.4, -0.2) is 41.7 Å². The first kappa shape index (κ1) is 31.0. The van der Waals surface area contributed by atoms with Crippen molar-refractivity contribution in [3.8, 4) is 5.75 Å². The van der Waals surface area contributed by atoms with Crippen molar-refractivity contribution in [2.75, 3.05) is 20.3 Å². The Morgan fingerprint density at radius 1 is 0.953 bits per heavy atom. The molecule has 43 heavy (non-hydrogen) atoms. The number of non-ortho nitro benzene ring substituents is 1. The SMILES string of the molecule is COCCCN1C2=C(C(=O)CC(C)(C)C2)C(c2ccc(OCc3cccc([N+](=O)[O-])c3)c(Cl)c2)C2=C1CC(C)(C)CC2=O. The molecule has 1 aliphatic heterocycles.